The van der Waals surface area contributed by atoms with Crippen molar-refractivity contribution in [3.8, 4) is 5.75 Å². The van der Waals surface area contributed by atoms with Crippen LogP contribution in [0.1, 0.15) is 48.7 Å². The van der Waals surface area contributed by atoms with Gasteiger partial charge < -0.3 is 23.7 Å². The number of aromatic nitrogens is 4. The van der Waals surface area contributed by atoms with Gasteiger partial charge in [-0.05, 0) is 56.2 Å². The fourth-order valence-electron chi connectivity index (χ4n) is 5.06. The molecule has 4 aromatic heterocycles. The summed E-state index contributed by atoms with van der Waals surface area (Å²) in [4.78, 5) is 77.8. The summed E-state index contributed by atoms with van der Waals surface area (Å²) in [6, 6.07) is 25.3. The largest absolute Gasteiger partial charge is 0.506 e. The third-order valence-corrected chi connectivity index (χ3v) is 7.40. The number of hydrogen-bond acceptors (Lipinski definition) is 13. The first kappa shape index (κ1) is 39.9. The minimum atomic E-state index is -0.840. The summed E-state index contributed by atoms with van der Waals surface area (Å²) >= 11 is 0. The number of esters is 3. The smallest absolute Gasteiger partial charge is 0.423 e. The van der Waals surface area contributed by atoms with Crippen molar-refractivity contribution in [1.29, 1.82) is 0 Å². The van der Waals surface area contributed by atoms with E-state index in [1.807, 2.05) is 60.7 Å². The van der Waals surface area contributed by atoms with Gasteiger partial charge in [-0.2, -0.15) is 0 Å². The average Bonchev–Trinajstić information content (AvgIpc) is 3.17. The van der Waals surface area contributed by atoms with Gasteiger partial charge in [0.2, 0.25) is 0 Å². The highest BCUT2D eigenvalue weighted by Gasteiger charge is 2.24. The Labute approximate surface area is 308 Å². The number of pyridine rings is 3. The molecule has 6 rings (SSSR count). The van der Waals surface area contributed by atoms with Crippen molar-refractivity contribution in [1.82, 2.24) is 19.1 Å². The molecule has 4 heterocycles. The molecule has 15 heteroatoms. The van der Waals surface area contributed by atoms with Crippen LogP contribution in [0.4, 0.5) is 0 Å². The Balaban J connectivity index is 0.000000194. The van der Waals surface area contributed by atoms with Crippen molar-refractivity contribution in [3.63, 3.8) is 0 Å². The quantitative estimate of drug-likeness (QED) is 0.119. The summed E-state index contributed by atoms with van der Waals surface area (Å²) in [5, 5.41) is 11.0. The molecule has 0 aliphatic heterocycles. The lowest BCUT2D eigenvalue weighted by atomic mass is 10.1. The highest BCUT2D eigenvalue weighted by molar-refractivity contribution is 5.98. The van der Waals surface area contributed by atoms with E-state index < -0.39 is 40.6 Å². The summed E-state index contributed by atoms with van der Waals surface area (Å²) in [6.07, 6.45) is 2.79. The molecule has 0 aliphatic rings. The third-order valence-electron chi connectivity index (χ3n) is 7.40. The molecular formula is C39H38N4O11. The van der Waals surface area contributed by atoms with Gasteiger partial charge in [-0.1, -0.05) is 60.7 Å². The summed E-state index contributed by atoms with van der Waals surface area (Å²) in [5.41, 5.74) is 0.827. The van der Waals surface area contributed by atoms with E-state index in [1.54, 1.807) is 51.2 Å². The van der Waals surface area contributed by atoms with Crippen molar-refractivity contribution in [3.05, 3.63) is 145 Å². The SMILES string of the molecule is CCOC(=O)CC(=O)OCC.CCOC(=O)c1c(O)c2cccnc2n(Cc2ccccc2)c1=O.O=c1oc(=O)n(Cc2ccccc2)c2ncccc12. The van der Waals surface area contributed by atoms with Crippen LogP contribution in [0.25, 0.3) is 22.1 Å². The number of aromatic hydroxyl groups is 1. The van der Waals surface area contributed by atoms with E-state index in [9.17, 15) is 33.9 Å². The zero-order valence-corrected chi connectivity index (χ0v) is 29.8. The van der Waals surface area contributed by atoms with E-state index in [2.05, 4.69) is 19.4 Å². The highest BCUT2D eigenvalue weighted by Crippen LogP contribution is 2.26. The van der Waals surface area contributed by atoms with Gasteiger partial charge in [0.15, 0.2) is 11.2 Å². The lowest BCUT2D eigenvalue weighted by Crippen LogP contribution is -2.28. The Morgan fingerprint density at radius 2 is 1.13 bits per heavy atom. The maximum absolute atomic E-state index is 12.8. The molecule has 0 radical (unpaired) electrons. The van der Waals surface area contributed by atoms with Crippen LogP contribution in [-0.2, 0) is 36.9 Å². The van der Waals surface area contributed by atoms with E-state index in [0.29, 0.717) is 28.6 Å². The number of carbonyl (C=O) groups excluding carboxylic acids is 3. The number of rotatable bonds is 10. The fraction of sp³-hybridized carbons (Fsp3) is 0.231. The Morgan fingerprint density at radius 3 is 1.65 bits per heavy atom. The Morgan fingerprint density at radius 1 is 0.648 bits per heavy atom. The van der Waals surface area contributed by atoms with Gasteiger partial charge in [-0.3, -0.25) is 23.5 Å². The molecule has 280 valence electrons. The maximum atomic E-state index is 12.8. The summed E-state index contributed by atoms with van der Waals surface area (Å²) in [5.74, 6) is -3.00. The van der Waals surface area contributed by atoms with Gasteiger partial charge in [0, 0.05) is 12.4 Å². The number of carbonyl (C=O) groups is 3. The minimum Gasteiger partial charge on any atom is -0.506 e. The van der Waals surface area contributed by atoms with E-state index in [4.69, 9.17) is 9.15 Å². The van der Waals surface area contributed by atoms with Crippen LogP contribution in [0.2, 0.25) is 0 Å². The molecule has 0 bridgehead atoms. The second kappa shape index (κ2) is 19.6. The first-order valence-electron chi connectivity index (χ1n) is 16.8. The lowest BCUT2D eigenvalue weighted by molar-refractivity contribution is -0.153. The molecule has 0 aliphatic carbocycles. The average molecular weight is 739 g/mol. The highest BCUT2D eigenvalue weighted by atomic mass is 16.6. The molecule has 1 N–H and O–H groups in total. The Hall–Kier alpha value is -6.90. The molecule has 0 saturated heterocycles. The first-order valence-corrected chi connectivity index (χ1v) is 16.8. The molecule has 0 fully saturated rings. The zero-order valence-electron chi connectivity index (χ0n) is 29.8. The molecule has 54 heavy (non-hydrogen) atoms. The van der Waals surface area contributed by atoms with Crippen LogP contribution < -0.4 is 16.9 Å². The predicted octanol–water partition coefficient (Wildman–Crippen LogP) is 4.23. The molecule has 0 amide bonds. The van der Waals surface area contributed by atoms with E-state index in [0.717, 1.165) is 11.1 Å². The van der Waals surface area contributed by atoms with Gasteiger partial charge in [-0.15, -0.1) is 0 Å². The lowest BCUT2D eigenvalue weighted by Gasteiger charge is -2.13. The molecule has 0 saturated carbocycles. The molecule has 0 atom stereocenters. The number of fused-ring (bicyclic) bond motifs is 2. The van der Waals surface area contributed by atoms with Crippen molar-refractivity contribution in [2.75, 3.05) is 19.8 Å². The summed E-state index contributed by atoms with van der Waals surface area (Å²) < 4.78 is 21.4. The van der Waals surface area contributed by atoms with Crippen LogP contribution in [0, 0.1) is 0 Å². The molecular weight excluding hydrogens is 700 g/mol. The Kier molecular flexibility index (Phi) is 14.5. The number of ether oxygens (including phenoxy) is 3. The van der Waals surface area contributed by atoms with Crippen molar-refractivity contribution >= 4 is 40.0 Å². The molecule has 6 aromatic rings. The normalized spacial score (nSPS) is 10.4. The second-order valence-corrected chi connectivity index (χ2v) is 11.1. The first-order chi connectivity index (χ1) is 26.1. The predicted molar refractivity (Wildman–Crippen MR) is 197 cm³/mol. The van der Waals surface area contributed by atoms with E-state index in [1.165, 1.54) is 15.3 Å². The molecule has 0 unspecified atom stereocenters. The summed E-state index contributed by atoms with van der Waals surface area (Å²) in [6.45, 7) is 6.25. The van der Waals surface area contributed by atoms with Gasteiger partial charge in [-0.25, -0.2) is 24.4 Å². The van der Waals surface area contributed by atoms with Crippen LogP contribution in [-0.4, -0.2) is 61.9 Å². The van der Waals surface area contributed by atoms with Crippen molar-refractivity contribution in [2.24, 2.45) is 0 Å². The monoisotopic (exact) mass is 738 g/mol. The molecule has 15 nitrogen and oxygen atoms in total. The van der Waals surface area contributed by atoms with Gasteiger partial charge in [0.25, 0.3) is 5.56 Å². The van der Waals surface area contributed by atoms with Crippen LogP contribution in [0.15, 0.2) is 116 Å². The van der Waals surface area contributed by atoms with Gasteiger partial charge in [0.05, 0.1) is 38.3 Å². The number of hydrogen-bond donors (Lipinski definition) is 1. The minimum absolute atomic E-state index is 0.113. The maximum Gasteiger partial charge on any atom is 0.423 e. The summed E-state index contributed by atoms with van der Waals surface area (Å²) in [7, 11) is 0. The van der Waals surface area contributed by atoms with Crippen LogP contribution in [0.3, 0.4) is 0 Å². The Bertz CT molecular complexity index is 2370. The van der Waals surface area contributed by atoms with E-state index in [-0.39, 0.29) is 38.3 Å². The van der Waals surface area contributed by atoms with E-state index >= 15 is 0 Å². The topological polar surface area (TPSA) is 199 Å². The van der Waals surface area contributed by atoms with Crippen molar-refractivity contribution in [2.45, 2.75) is 40.3 Å². The second-order valence-electron chi connectivity index (χ2n) is 11.1. The van der Waals surface area contributed by atoms with Crippen molar-refractivity contribution < 1.29 is 38.1 Å². The number of nitrogens with zero attached hydrogens (tertiary/aromatic N) is 4. The van der Waals surface area contributed by atoms with Crippen LogP contribution >= 0.6 is 0 Å². The molecule has 2 aromatic carbocycles. The standard InChI is InChI=1S/C18H16N2O4.C14H10N2O3.C7H12O4/c1-2-24-18(23)14-15(21)13-9-6-10-19-16(13)20(17(14)22)11-12-7-4-3-5-8-12;17-13-11-7-4-8-15-12(11)16(14(18)19-13)9-10-5-2-1-3-6-10;1-3-10-6(8)5-7(9)11-4-2/h3-10,21H,2,11H2,1H3;1-8H,9H2;3-5H2,1-2H3. The van der Waals surface area contributed by atoms with Crippen LogP contribution in [0.5, 0.6) is 5.75 Å². The third kappa shape index (κ3) is 10.3. The van der Waals surface area contributed by atoms with Gasteiger partial charge in [0.1, 0.15) is 23.2 Å². The molecule has 0 spiro atoms. The zero-order chi connectivity index (χ0) is 39.0. The number of benzene rings is 2. The fourth-order valence-corrected chi connectivity index (χ4v) is 5.06. The van der Waals surface area contributed by atoms with Gasteiger partial charge >= 0.3 is 29.3 Å².